The molecule has 0 fully saturated rings. The number of hydrogen-bond donors (Lipinski definition) is 2. The number of nitrogens with zero attached hydrogens (tertiary/aromatic N) is 2. The van der Waals surface area contributed by atoms with Gasteiger partial charge in [0.2, 0.25) is 0 Å². The molecule has 2 heterocycles. The molecule has 32 heavy (non-hydrogen) atoms. The van der Waals surface area contributed by atoms with E-state index < -0.39 is 29.9 Å². The first-order valence-electron chi connectivity index (χ1n) is 9.87. The van der Waals surface area contributed by atoms with Crippen molar-refractivity contribution in [2.75, 3.05) is 25.1 Å². The van der Waals surface area contributed by atoms with Crippen molar-refractivity contribution in [3.8, 4) is 0 Å². The number of benzene rings is 1. The Morgan fingerprint density at radius 2 is 2.03 bits per heavy atom. The lowest BCUT2D eigenvalue weighted by Gasteiger charge is -2.34. The van der Waals surface area contributed by atoms with E-state index in [0.29, 0.717) is 11.3 Å². The van der Waals surface area contributed by atoms with E-state index in [1.54, 1.807) is 57.2 Å². The molecule has 1 atom stereocenters. The molecule has 0 bridgehead atoms. The van der Waals surface area contributed by atoms with Crippen LogP contribution in [0.2, 0.25) is 0 Å². The zero-order valence-electron chi connectivity index (χ0n) is 17.9. The first-order chi connectivity index (χ1) is 15.1. The van der Waals surface area contributed by atoms with Crippen molar-refractivity contribution in [3.05, 3.63) is 58.3 Å². The Hall–Kier alpha value is -2.85. The Bertz CT molecular complexity index is 1020. The van der Waals surface area contributed by atoms with Crippen LogP contribution in [-0.2, 0) is 15.1 Å². The van der Waals surface area contributed by atoms with Gasteiger partial charge in [-0.3, -0.25) is 15.1 Å². The molecule has 0 radical (unpaired) electrons. The summed E-state index contributed by atoms with van der Waals surface area (Å²) in [6.07, 6.45) is 0.874. The summed E-state index contributed by atoms with van der Waals surface area (Å²) in [5, 5.41) is 5.27. The number of halogens is 2. The van der Waals surface area contributed by atoms with Crippen LogP contribution in [0.4, 0.5) is 14.9 Å². The normalized spacial score (nSPS) is 18.5. The van der Waals surface area contributed by atoms with Crippen LogP contribution in [0.15, 0.2) is 52.1 Å². The molecule has 0 saturated heterocycles. The molecule has 10 heteroatoms. The summed E-state index contributed by atoms with van der Waals surface area (Å²) in [6.45, 7) is 4.28. The van der Waals surface area contributed by atoms with Crippen molar-refractivity contribution < 1.29 is 23.5 Å². The molecule has 1 aliphatic heterocycles. The van der Waals surface area contributed by atoms with E-state index in [2.05, 4.69) is 36.5 Å². The van der Waals surface area contributed by atoms with Crippen molar-refractivity contribution in [1.29, 1.82) is 0 Å². The van der Waals surface area contributed by atoms with Gasteiger partial charge < -0.3 is 14.8 Å². The number of carbonyl (C=O) groups is 2. The first-order valence-corrected chi connectivity index (χ1v) is 10.7. The number of amidine groups is 1. The van der Waals surface area contributed by atoms with Gasteiger partial charge in [0.15, 0.2) is 0 Å². The van der Waals surface area contributed by atoms with Crippen LogP contribution < -0.4 is 10.6 Å². The van der Waals surface area contributed by atoms with E-state index in [-0.39, 0.29) is 24.7 Å². The van der Waals surface area contributed by atoms with E-state index in [9.17, 15) is 14.0 Å². The minimum Gasteiger partial charge on any atom is -0.444 e. The Kier molecular flexibility index (Phi) is 7.25. The zero-order valence-corrected chi connectivity index (χ0v) is 19.5. The van der Waals surface area contributed by atoms with Gasteiger partial charge in [0, 0.05) is 16.4 Å². The zero-order chi connectivity index (χ0) is 23.4. The smallest absolute Gasteiger partial charge is 0.413 e. The Balaban J connectivity index is 1.71. The summed E-state index contributed by atoms with van der Waals surface area (Å²) >= 11 is 3.27. The molecular formula is C22H24BrFN4O4. The van der Waals surface area contributed by atoms with Crippen molar-refractivity contribution >= 4 is 39.5 Å². The van der Waals surface area contributed by atoms with Crippen LogP contribution in [0.1, 0.15) is 36.8 Å². The molecule has 0 saturated carbocycles. The van der Waals surface area contributed by atoms with Gasteiger partial charge in [-0.05, 0) is 66.5 Å². The highest BCUT2D eigenvalue weighted by molar-refractivity contribution is 9.10. The van der Waals surface area contributed by atoms with Crippen molar-refractivity contribution in [2.24, 2.45) is 4.99 Å². The predicted octanol–water partition coefficient (Wildman–Crippen LogP) is 4.21. The number of alkyl carbamates (subject to hydrolysis) is 1. The van der Waals surface area contributed by atoms with Crippen LogP contribution in [0.25, 0.3) is 0 Å². The quantitative estimate of drug-likeness (QED) is 0.646. The van der Waals surface area contributed by atoms with Crippen LogP contribution in [0.5, 0.6) is 0 Å². The van der Waals surface area contributed by atoms with Crippen LogP contribution in [-0.4, -0.2) is 48.2 Å². The maximum Gasteiger partial charge on any atom is 0.413 e. The fourth-order valence-corrected chi connectivity index (χ4v) is 3.17. The van der Waals surface area contributed by atoms with E-state index in [1.807, 2.05) is 0 Å². The number of pyridine rings is 1. The highest BCUT2D eigenvalue weighted by Gasteiger charge is 2.37. The van der Waals surface area contributed by atoms with Crippen LogP contribution >= 0.6 is 15.9 Å². The molecule has 2 aromatic rings. The molecule has 0 aliphatic carbocycles. The van der Waals surface area contributed by atoms with Crippen LogP contribution in [0, 0.1) is 0 Å². The Morgan fingerprint density at radius 3 is 2.62 bits per heavy atom. The minimum absolute atomic E-state index is 0.0414. The van der Waals surface area contributed by atoms with Gasteiger partial charge in [-0.2, -0.15) is 0 Å². The predicted molar refractivity (Wildman–Crippen MR) is 122 cm³/mol. The maximum atomic E-state index is 14.1. The highest BCUT2D eigenvalue weighted by Crippen LogP contribution is 2.31. The molecule has 170 valence electrons. The standard InChI is InChI=1S/C22H24BrFN4O4/c1-21(2,3)32-20(30)28-18-11-31-22(12-24,13-26-18)14-5-4-6-16(9-14)27-19(29)17-8-7-15(23)10-25-17/h4-10H,11-13H2,1-3H3,(H,27,29)(H,26,28,30)/t22-/m0/s1. The molecule has 2 N–H and O–H groups in total. The van der Waals surface area contributed by atoms with Gasteiger partial charge in [-0.25, -0.2) is 14.2 Å². The van der Waals surface area contributed by atoms with Gasteiger partial charge in [-0.1, -0.05) is 12.1 Å². The largest absolute Gasteiger partial charge is 0.444 e. The number of alkyl halides is 1. The summed E-state index contributed by atoms with van der Waals surface area (Å²) in [5.74, 6) is -0.135. The number of aromatic nitrogens is 1. The van der Waals surface area contributed by atoms with E-state index in [1.165, 1.54) is 6.20 Å². The summed E-state index contributed by atoms with van der Waals surface area (Å²) in [6, 6.07) is 10.0. The molecule has 0 unspecified atom stereocenters. The van der Waals surface area contributed by atoms with Crippen molar-refractivity contribution in [1.82, 2.24) is 10.3 Å². The summed E-state index contributed by atoms with van der Waals surface area (Å²) in [7, 11) is 0. The lowest BCUT2D eigenvalue weighted by molar-refractivity contribution is -0.0489. The van der Waals surface area contributed by atoms with Gasteiger partial charge >= 0.3 is 6.09 Å². The second kappa shape index (κ2) is 9.74. The third kappa shape index (κ3) is 6.10. The summed E-state index contributed by atoms with van der Waals surface area (Å²) in [5.41, 5.74) is -0.748. The number of anilines is 1. The van der Waals surface area contributed by atoms with Gasteiger partial charge in [0.05, 0.1) is 6.54 Å². The molecule has 1 aromatic carbocycles. The average molecular weight is 507 g/mol. The second-order valence-electron chi connectivity index (χ2n) is 8.20. The molecule has 3 rings (SSSR count). The van der Waals surface area contributed by atoms with Crippen molar-refractivity contribution in [3.63, 3.8) is 0 Å². The first kappa shape index (κ1) is 23.8. The number of ether oxygens (including phenoxy) is 2. The highest BCUT2D eigenvalue weighted by atomic mass is 79.9. The van der Waals surface area contributed by atoms with E-state index in [0.717, 1.165) is 4.47 Å². The number of nitrogens with one attached hydrogen (secondary N) is 2. The van der Waals surface area contributed by atoms with E-state index >= 15 is 0 Å². The van der Waals surface area contributed by atoms with Crippen LogP contribution in [0.3, 0.4) is 0 Å². The van der Waals surface area contributed by atoms with Gasteiger partial charge in [0.1, 0.15) is 36.0 Å². The molecule has 0 spiro atoms. The van der Waals surface area contributed by atoms with E-state index in [4.69, 9.17) is 9.47 Å². The second-order valence-corrected chi connectivity index (χ2v) is 9.12. The molecular weight excluding hydrogens is 483 g/mol. The topological polar surface area (TPSA) is 102 Å². The van der Waals surface area contributed by atoms with Gasteiger partial charge in [-0.15, -0.1) is 0 Å². The number of hydrogen-bond acceptors (Lipinski definition) is 6. The number of aliphatic imine (C=N–C) groups is 1. The Morgan fingerprint density at radius 1 is 1.25 bits per heavy atom. The van der Waals surface area contributed by atoms with Gasteiger partial charge in [0.25, 0.3) is 5.91 Å². The maximum absolute atomic E-state index is 14.1. The molecule has 1 aliphatic rings. The third-order valence-electron chi connectivity index (χ3n) is 4.48. The lowest BCUT2D eigenvalue weighted by Crippen LogP contribution is -2.46. The SMILES string of the molecule is CC(C)(C)OC(=O)NC1=NC[C@@](CF)(c2cccc(NC(=O)c3ccc(Br)cn3)c2)OC1. The Labute approximate surface area is 193 Å². The number of rotatable bonds is 4. The fraction of sp³-hybridized carbons (Fsp3) is 0.364. The minimum atomic E-state index is -1.32. The fourth-order valence-electron chi connectivity index (χ4n) is 2.94. The molecule has 2 amide bonds. The lowest BCUT2D eigenvalue weighted by atomic mass is 9.93. The van der Waals surface area contributed by atoms with Crippen molar-refractivity contribution in [2.45, 2.75) is 32.0 Å². The summed E-state index contributed by atoms with van der Waals surface area (Å²) in [4.78, 5) is 32.7. The summed E-state index contributed by atoms with van der Waals surface area (Å²) < 4.78 is 25.9. The number of amides is 2. The molecule has 1 aromatic heterocycles. The third-order valence-corrected chi connectivity index (χ3v) is 4.95. The molecule has 8 nitrogen and oxygen atoms in total. The average Bonchev–Trinajstić information content (AvgIpc) is 2.74. The monoisotopic (exact) mass is 506 g/mol. The number of carbonyl (C=O) groups excluding carboxylic acids is 2.